The standard InChI is InChI=1S/C21H21NO5/c1-13(23)12-22-18(14-8-10-16(27-2)11-9-14)17(20(25)21(22)26)19(24)15-6-4-3-5-7-15/h3-11,13,18,23-24H,12H2,1-2H3/t13-,18+/m1/s1. The molecule has 1 aliphatic rings. The summed E-state index contributed by atoms with van der Waals surface area (Å²) in [6.07, 6.45) is -0.819. The topological polar surface area (TPSA) is 87.1 Å². The number of carbonyl (C=O) groups is 2. The van der Waals surface area contributed by atoms with Gasteiger partial charge in [-0.2, -0.15) is 0 Å². The minimum absolute atomic E-state index is 0.0111. The van der Waals surface area contributed by atoms with Crippen molar-refractivity contribution >= 4 is 17.4 Å². The van der Waals surface area contributed by atoms with E-state index in [1.165, 1.54) is 4.90 Å². The van der Waals surface area contributed by atoms with Crippen LogP contribution in [0.1, 0.15) is 24.1 Å². The third-order valence-electron chi connectivity index (χ3n) is 4.48. The molecule has 1 heterocycles. The van der Waals surface area contributed by atoms with Gasteiger partial charge in [-0.3, -0.25) is 9.59 Å². The Kier molecular flexibility index (Phi) is 5.28. The molecule has 6 nitrogen and oxygen atoms in total. The zero-order valence-corrected chi connectivity index (χ0v) is 15.1. The lowest BCUT2D eigenvalue weighted by Crippen LogP contribution is -2.35. The summed E-state index contributed by atoms with van der Waals surface area (Å²) in [7, 11) is 1.55. The third-order valence-corrected chi connectivity index (χ3v) is 4.48. The molecule has 0 unspecified atom stereocenters. The second-order valence-corrected chi connectivity index (χ2v) is 6.44. The van der Waals surface area contributed by atoms with E-state index in [0.717, 1.165) is 0 Å². The summed E-state index contributed by atoms with van der Waals surface area (Å²) in [6.45, 7) is 1.52. The Morgan fingerprint density at radius 3 is 2.30 bits per heavy atom. The Balaban J connectivity index is 2.16. The van der Waals surface area contributed by atoms with Crippen LogP contribution in [0.5, 0.6) is 5.75 Å². The van der Waals surface area contributed by atoms with Crippen LogP contribution in [-0.2, 0) is 9.59 Å². The van der Waals surface area contributed by atoms with Crippen LogP contribution in [0, 0.1) is 0 Å². The Morgan fingerprint density at radius 1 is 1.11 bits per heavy atom. The molecule has 1 fully saturated rings. The minimum atomic E-state index is -0.819. The predicted octanol–water partition coefficient (Wildman–Crippen LogP) is 2.50. The number of Topliss-reactive ketones (excluding diaryl/α,β-unsaturated/α-hetero) is 1. The van der Waals surface area contributed by atoms with Crippen molar-refractivity contribution in [1.29, 1.82) is 0 Å². The maximum atomic E-state index is 12.7. The van der Waals surface area contributed by atoms with Crippen LogP contribution in [0.2, 0.25) is 0 Å². The number of ether oxygens (including phenoxy) is 1. The van der Waals surface area contributed by atoms with Crippen molar-refractivity contribution < 1.29 is 24.5 Å². The number of rotatable bonds is 5. The lowest BCUT2D eigenvalue weighted by molar-refractivity contribution is -0.140. The summed E-state index contributed by atoms with van der Waals surface area (Å²) >= 11 is 0. The Labute approximate surface area is 157 Å². The molecule has 1 saturated heterocycles. The summed E-state index contributed by atoms with van der Waals surface area (Å²) in [6, 6.07) is 14.7. The zero-order chi connectivity index (χ0) is 19.6. The fourth-order valence-corrected chi connectivity index (χ4v) is 3.24. The number of nitrogens with zero attached hydrogens (tertiary/aromatic N) is 1. The molecule has 0 saturated carbocycles. The van der Waals surface area contributed by atoms with Crippen LogP contribution in [-0.4, -0.2) is 46.6 Å². The van der Waals surface area contributed by atoms with Crippen molar-refractivity contribution in [3.8, 4) is 5.75 Å². The van der Waals surface area contributed by atoms with Gasteiger partial charge in [0.25, 0.3) is 11.7 Å². The molecule has 0 aliphatic carbocycles. The van der Waals surface area contributed by atoms with Crippen molar-refractivity contribution in [1.82, 2.24) is 4.90 Å². The highest BCUT2D eigenvalue weighted by Crippen LogP contribution is 2.39. The van der Waals surface area contributed by atoms with Gasteiger partial charge in [0, 0.05) is 12.1 Å². The summed E-state index contributed by atoms with van der Waals surface area (Å²) in [4.78, 5) is 26.6. The number of aliphatic hydroxyl groups excluding tert-OH is 2. The van der Waals surface area contributed by atoms with Crippen molar-refractivity contribution in [3.05, 3.63) is 71.3 Å². The first-order valence-electron chi connectivity index (χ1n) is 8.60. The van der Waals surface area contributed by atoms with Gasteiger partial charge in [-0.05, 0) is 24.6 Å². The second kappa shape index (κ2) is 7.63. The fraction of sp³-hybridized carbons (Fsp3) is 0.238. The van der Waals surface area contributed by atoms with Gasteiger partial charge < -0.3 is 19.8 Å². The number of hydrogen-bond donors (Lipinski definition) is 2. The zero-order valence-electron chi connectivity index (χ0n) is 15.1. The van der Waals surface area contributed by atoms with Gasteiger partial charge in [0.15, 0.2) is 0 Å². The lowest BCUT2D eigenvalue weighted by Gasteiger charge is -2.26. The maximum Gasteiger partial charge on any atom is 0.295 e. The van der Waals surface area contributed by atoms with E-state index < -0.39 is 23.8 Å². The van der Waals surface area contributed by atoms with E-state index >= 15 is 0 Å². The van der Waals surface area contributed by atoms with Crippen LogP contribution in [0.3, 0.4) is 0 Å². The predicted molar refractivity (Wildman–Crippen MR) is 100 cm³/mol. The molecule has 2 atom stereocenters. The molecular weight excluding hydrogens is 346 g/mol. The molecule has 0 bridgehead atoms. The van der Waals surface area contributed by atoms with Gasteiger partial charge in [0.1, 0.15) is 11.5 Å². The van der Waals surface area contributed by atoms with Gasteiger partial charge in [0.2, 0.25) is 0 Å². The van der Waals surface area contributed by atoms with Crippen LogP contribution in [0.25, 0.3) is 5.76 Å². The van der Waals surface area contributed by atoms with Gasteiger partial charge >= 0.3 is 0 Å². The van der Waals surface area contributed by atoms with E-state index in [-0.39, 0.29) is 17.9 Å². The summed E-state index contributed by atoms with van der Waals surface area (Å²) in [5.74, 6) is -1.11. The summed E-state index contributed by atoms with van der Waals surface area (Å²) in [5.41, 5.74) is 1.11. The molecule has 3 rings (SSSR count). The fourth-order valence-electron chi connectivity index (χ4n) is 3.24. The number of β-amino-alcohol motifs (C(OH)–C–C–N with tert-alkyl or cyclic N) is 1. The molecule has 2 aromatic carbocycles. The molecule has 140 valence electrons. The van der Waals surface area contributed by atoms with E-state index in [1.807, 2.05) is 0 Å². The summed E-state index contributed by atoms with van der Waals surface area (Å²) < 4.78 is 5.16. The molecule has 6 heteroatoms. The first-order chi connectivity index (χ1) is 12.9. The number of methoxy groups -OCH3 is 1. The highest BCUT2D eigenvalue weighted by molar-refractivity contribution is 6.46. The van der Waals surface area contributed by atoms with Crippen molar-refractivity contribution in [2.75, 3.05) is 13.7 Å². The van der Waals surface area contributed by atoms with E-state index in [0.29, 0.717) is 16.9 Å². The van der Waals surface area contributed by atoms with Crippen molar-refractivity contribution in [2.24, 2.45) is 0 Å². The summed E-state index contributed by atoms with van der Waals surface area (Å²) in [5, 5.41) is 20.6. The molecule has 27 heavy (non-hydrogen) atoms. The van der Waals surface area contributed by atoms with E-state index in [9.17, 15) is 19.8 Å². The van der Waals surface area contributed by atoms with Crippen molar-refractivity contribution in [2.45, 2.75) is 19.1 Å². The number of amides is 1. The first-order valence-corrected chi connectivity index (χ1v) is 8.60. The molecule has 1 aliphatic heterocycles. The molecule has 0 aromatic heterocycles. The van der Waals surface area contributed by atoms with Gasteiger partial charge in [-0.15, -0.1) is 0 Å². The van der Waals surface area contributed by atoms with Gasteiger partial charge in [-0.1, -0.05) is 42.5 Å². The van der Waals surface area contributed by atoms with Gasteiger partial charge in [0.05, 0.1) is 24.8 Å². The third kappa shape index (κ3) is 3.57. The minimum Gasteiger partial charge on any atom is -0.507 e. The average molecular weight is 367 g/mol. The Hall–Kier alpha value is -3.12. The van der Waals surface area contributed by atoms with Crippen LogP contribution in [0.15, 0.2) is 60.2 Å². The van der Waals surface area contributed by atoms with Crippen LogP contribution < -0.4 is 4.74 Å². The van der Waals surface area contributed by atoms with Crippen molar-refractivity contribution in [3.63, 3.8) is 0 Å². The molecule has 2 aromatic rings. The van der Waals surface area contributed by atoms with E-state index in [1.54, 1.807) is 68.6 Å². The Morgan fingerprint density at radius 2 is 1.74 bits per heavy atom. The largest absolute Gasteiger partial charge is 0.507 e. The van der Waals surface area contributed by atoms with Crippen LogP contribution >= 0.6 is 0 Å². The second-order valence-electron chi connectivity index (χ2n) is 6.44. The maximum absolute atomic E-state index is 12.7. The Bertz CT molecular complexity index is 871. The number of aliphatic hydroxyl groups is 2. The molecule has 0 spiro atoms. The number of carbonyl (C=O) groups excluding carboxylic acids is 2. The SMILES string of the molecule is COc1ccc([C@H]2C(=C(O)c3ccccc3)C(=O)C(=O)N2C[C@@H](C)O)cc1. The highest BCUT2D eigenvalue weighted by atomic mass is 16.5. The number of ketones is 1. The highest BCUT2D eigenvalue weighted by Gasteiger charge is 2.46. The van der Waals surface area contributed by atoms with Crippen LogP contribution in [0.4, 0.5) is 0 Å². The number of likely N-dealkylation sites (tertiary alicyclic amines) is 1. The molecule has 2 N–H and O–H groups in total. The molecule has 1 amide bonds. The monoisotopic (exact) mass is 367 g/mol. The number of hydrogen-bond acceptors (Lipinski definition) is 5. The first kappa shape index (κ1) is 18.7. The normalized spacial score (nSPS) is 20.0. The smallest absolute Gasteiger partial charge is 0.295 e. The quantitative estimate of drug-likeness (QED) is 0.482. The van der Waals surface area contributed by atoms with E-state index in [2.05, 4.69) is 0 Å². The average Bonchev–Trinajstić information content (AvgIpc) is 2.92. The van der Waals surface area contributed by atoms with Gasteiger partial charge in [-0.25, -0.2) is 0 Å². The molecule has 0 radical (unpaired) electrons. The van der Waals surface area contributed by atoms with E-state index in [4.69, 9.17) is 4.74 Å². The molecular formula is C21H21NO5. The lowest BCUT2D eigenvalue weighted by atomic mass is 9.95. The number of benzene rings is 2.